The zero-order valence-corrected chi connectivity index (χ0v) is 14.4. The number of alkyl halides is 3. The van der Waals surface area contributed by atoms with E-state index in [0.29, 0.717) is 6.07 Å². The monoisotopic (exact) mass is 390 g/mol. The van der Waals surface area contributed by atoms with Crippen LogP contribution in [0.2, 0.25) is 5.02 Å². The fourth-order valence-corrected chi connectivity index (χ4v) is 2.78. The number of allylic oxidation sites excluding steroid dienone is 1. The van der Waals surface area contributed by atoms with Gasteiger partial charge in [0.2, 0.25) is 11.8 Å². The second-order valence-electron chi connectivity index (χ2n) is 5.52. The number of rotatable bonds is 3. The van der Waals surface area contributed by atoms with Gasteiger partial charge in [0.05, 0.1) is 29.2 Å². The van der Waals surface area contributed by atoms with E-state index in [2.05, 4.69) is 15.4 Å². The lowest BCUT2D eigenvalue weighted by Gasteiger charge is -2.25. The maximum atomic E-state index is 12.9. The molecule has 0 aliphatic carbocycles. The number of hydrogen-bond acceptors (Lipinski definition) is 4. The van der Waals surface area contributed by atoms with E-state index in [-0.39, 0.29) is 23.4 Å². The van der Waals surface area contributed by atoms with Crippen LogP contribution in [-0.4, -0.2) is 24.9 Å². The lowest BCUT2D eigenvalue weighted by atomic mass is 9.89. The molecule has 1 atom stereocenters. The van der Waals surface area contributed by atoms with E-state index in [1.807, 2.05) is 0 Å². The largest absolute Gasteiger partial charge is 0.466 e. The minimum Gasteiger partial charge on any atom is -0.466 e. The second-order valence-corrected chi connectivity index (χ2v) is 5.92. The fourth-order valence-electron chi connectivity index (χ4n) is 2.56. The van der Waals surface area contributed by atoms with Gasteiger partial charge in [-0.1, -0.05) is 11.6 Å². The van der Waals surface area contributed by atoms with Crippen LogP contribution >= 0.6 is 11.6 Å². The average molecular weight is 391 g/mol. The minimum absolute atomic E-state index is 0.0605. The Morgan fingerprint density at radius 2 is 2.00 bits per heavy atom. The first-order valence-corrected chi connectivity index (χ1v) is 7.69. The molecule has 140 valence electrons. The molecule has 2 amide bonds. The number of hydrogen-bond donors (Lipinski definition) is 2. The molecule has 1 aromatic carbocycles. The van der Waals surface area contributed by atoms with Crippen LogP contribution in [0.4, 0.5) is 18.9 Å². The van der Waals surface area contributed by atoms with E-state index in [1.165, 1.54) is 13.0 Å². The molecule has 0 saturated carbocycles. The molecule has 1 aliphatic rings. The van der Waals surface area contributed by atoms with Crippen LogP contribution in [-0.2, 0) is 25.3 Å². The Hall–Kier alpha value is -2.55. The van der Waals surface area contributed by atoms with E-state index in [1.54, 1.807) is 0 Å². The summed E-state index contributed by atoms with van der Waals surface area (Å²) in [5.41, 5.74) is -1.19. The quantitative estimate of drug-likeness (QED) is 0.777. The van der Waals surface area contributed by atoms with E-state index in [9.17, 15) is 27.6 Å². The maximum Gasteiger partial charge on any atom is 0.417 e. The van der Waals surface area contributed by atoms with Crippen LogP contribution in [0.15, 0.2) is 29.5 Å². The summed E-state index contributed by atoms with van der Waals surface area (Å²) >= 11 is 5.53. The summed E-state index contributed by atoms with van der Waals surface area (Å²) in [4.78, 5) is 36.1. The molecule has 0 spiro atoms. The number of methoxy groups -OCH3 is 1. The fraction of sp³-hybridized carbons (Fsp3) is 0.312. The summed E-state index contributed by atoms with van der Waals surface area (Å²) in [6.07, 6.45) is -5.04. The number of amides is 2. The van der Waals surface area contributed by atoms with E-state index in [0.717, 1.165) is 13.2 Å². The van der Waals surface area contributed by atoms with Gasteiger partial charge in [-0.3, -0.25) is 9.59 Å². The van der Waals surface area contributed by atoms with Gasteiger partial charge in [0, 0.05) is 17.8 Å². The van der Waals surface area contributed by atoms with Crippen molar-refractivity contribution >= 4 is 35.1 Å². The number of carbonyl (C=O) groups excluding carboxylic acids is 3. The Labute approximate surface area is 151 Å². The third-order valence-electron chi connectivity index (χ3n) is 3.73. The third kappa shape index (κ3) is 4.16. The number of anilines is 1. The van der Waals surface area contributed by atoms with Crippen LogP contribution in [0.5, 0.6) is 0 Å². The van der Waals surface area contributed by atoms with Crippen molar-refractivity contribution in [2.75, 3.05) is 12.4 Å². The second kappa shape index (κ2) is 7.36. The first-order valence-electron chi connectivity index (χ1n) is 7.31. The van der Waals surface area contributed by atoms with Crippen molar-refractivity contribution in [3.63, 3.8) is 0 Å². The molecule has 2 rings (SSSR count). The van der Waals surface area contributed by atoms with Crippen molar-refractivity contribution in [1.29, 1.82) is 0 Å². The Balaban J connectivity index is 2.33. The van der Waals surface area contributed by atoms with Crippen molar-refractivity contribution < 1.29 is 32.3 Å². The van der Waals surface area contributed by atoms with Crippen molar-refractivity contribution in [3.05, 3.63) is 40.1 Å². The van der Waals surface area contributed by atoms with Gasteiger partial charge in [0.1, 0.15) is 0 Å². The molecule has 0 fully saturated rings. The standard InChI is InChI=1S/C16H14ClF3N2O4/c1-7-13(15(25)26-2)9(6-12(23)21-7)14(24)22-8-3-4-11(17)10(5-8)16(18,19)20/h3-5,9H,6H2,1-2H3,(H,21,23)(H,22,24)/t9-/m0/s1. The van der Waals surface area contributed by atoms with E-state index in [4.69, 9.17) is 11.6 Å². The molecule has 0 aromatic heterocycles. The Kier molecular flexibility index (Phi) is 5.60. The molecular formula is C16H14ClF3N2O4. The SMILES string of the molecule is COC(=O)C1=C(C)NC(=O)C[C@@H]1C(=O)Nc1ccc(Cl)c(C(F)(F)F)c1. The summed E-state index contributed by atoms with van der Waals surface area (Å²) in [6.45, 7) is 1.42. The van der Waals surface area contributed by atoms with Crippen molar-refractivity contribution in [2.24, 2.45) is 5.92 Å². The Morgan fingerprint density at radius 1 is 1.35 bits per heavy atom. The van der Waals surface area contributed by atoms with Gasteiger partial charge >= 0.3 is 12.1 Å². The minimum atomic E-state index is -4.70. The van der Waals surface area contributed by atoms with Crippen molar-refractivity contribution in [2.45, 2.75) is 19.5 Å². The first-order chi connectivity index (χ1) is 12.0. The van der Waals surface area contributed by atoms with E-state index < -0.39 is 40.5 Å². The molecule has 0 bridgehead atoms. The highest BCUT2D eigenvalue weighted by Gasteiger charge is 2.37. The lowest BCUT2D eigenvalue weighted by Crippen LogP contribution is -2.40. The highest BCUT2D eigenvalue weighted by molar-refractivity contribution is 6.31. The molecule has 10 heteroatoms. The predicted octanol–water partition coefficient (Wildman–Crippen LogP) is 2.88. The molecule has 0 saturated heterocycles. The summed E-state index contributed by atoms with van der Waals surface area (Å²) in [5, 5.41) is 4.19. The molecule has 1 aliphatic heterocycles. The molecule has 1 aromatic rings. The van der Waals surface area contributed by atoms with Gasteiger partial charge in [0.15, 0.2) is 0 Å². The van der Waals surface area contributed by atoms with Crippen LogP contribution in [0.1, 0.15) is 18.9 Å². The zero-order chi connectivity index (χ0) is 19.6. The molecule has 0 radical (unpaired) electrons. The van der Waals surface area contributed by atoms with Crippen LogP contribution in [0.3, 0.4) is 0 Å². The zero-order valence-electron chi connectivity index (χ0n) is 13.7. The van der Waals surface area contributed by atoms with Crippen LogP contribution < -0.4 is 10.6 Å². The molecular weight excluding hydrogens is 377 g/mol. The smallest absolute Gasteiger partial charge is 0.417 e. The van der Waals surface area contributed by atoms with Crippen molar-refractivity contribution in [1.82, 2.24) is 5.32 Å². The van der Waals surface area contributed by atoms with Crippen LogP contribution in [0.25, 0.3) is 0 Å². The molecule has 6 nitrogen and oxygen atoms in total. The highest BCUT2D eigenvalue weighted by Crippen LogP contribution is 2.36. The topological polar surface area (TPSA) is 84.5 Å². The third-order valence-corrected chi connectivity index (χ3v) is 4.06. The number of esters is 1. The van der Waals surface area contributed by atoms with Gasteiger partial charge < -0.3 is 15.4 Å². The normalized spacial score (nSPS) is 17.6. The first kappa shape index (κ1) is 19.8. The van der Waals surface area contributed by atoms with Gasteiger partial charge in [-0.15, -0.1) is 0 Å². The van der Waals surface area contributed by atoms with Crippen LogP contribution in [0, 0.1) is 5.92 Å². The predicted molar refractivity (Wildman–Crippen MR) is 86.0 cm³/mol. The lowest BCUT2D eigenvalue weighted by molar-refractivity contribution is -0.139. The summed E-state index contributed by atoms with van der Waals surface area (Å²) in [7, 11) is 1.11. The van der Waals surface area contributed by atoms with Gasteiger partial charge in [0.25, 0.3) is 0 Å². The number of nitrogens with one attached hydrogen (secondary N) is 2. The Morgan fingerprint density at radius 3 is 2.58 bits per heavy atom. The average Bonchev–Trinajstić information content (AvgIpc) is 2.54. The van der Waals surface area contributed by atoms with E-state index >= 15 is 0 Å². The summed E-state index contributed by atoms with van der Waals surface area (Å²) < 4.78 is 43.4. The van der Waals surface area contributed by atoms with Gasteiger partial charge in [-0.25, -0.2) is 4.79 Å². The number of halogens is 4. The van der Waals surface area contributed by atoms with Gasteiger partial charge in [-0.05, 0) is 25.1 Å². The Bertz CT molecular complexity index is 805. The summed E-state index contributed by atoms with van der Waals surface area (Å²) in [5.74, 6) is -3.31. The number of carbonyl (C=O) groups is 3. The highest BCUT2D eigenvalue weighted by atomic mass is 35.5. The molecule has 0 unspecified atom stereocenters. The maximum absolute atomic E-state index is 12.9. The van der Waals surface area contributed by atoms with Crippen molar-refractivity contribution in [3.8, 4) is 0 Å². The number of ether oxygens (including phenoxy) is 1. The van der Waals surface area contributed by atoms with Gasteiger partial charge in [-0.2, -0.15) is 13.2 Å². The number of benzene rings is 1. The molecule has 2 N–H and O–H groups in total. The molecule has 26 heavy (non-hydrogen) atoms. The molecule has 1 heterocycles. The summed E-state index contributed by atoms with van der Waals surface area (Å²) in [6, 6.07) is 2.86.